The Hall–Kier alpha value is -2.18. The Morgan fingerprint density at radius 2 is 2.20 bits per heavy atom. The fourth-order valence-electron chi connectivity index (χ4n) is 1.98. The van der Waals surface area contributed by atoms with Crippen LogP contribution in [-0.4, -0.2) is 24.4 Å². The Morgan fingerprint density at radius 3 is 2.75 bits per heavy atom. The summed E-state index contributed by atoms with van der Waals surface area (Å²) in [4.78, 5) is 22.1. The summed E-state index contributed by atoms with van der Waals surface area (Å²) < 4.78 is 13.5. The van der Waals surface area contributed by atoms with Crippen LogP contribution in [0.25, 0.3) is 0 Å². The van der Waals surface area contributed by atoms with Crippen molar-refractivity contribution in [1.82, 2.24) is 5.32 Å². The van der Waals surface area contributed by atoms with Gasteiger partial charge in [-0.3, -0.25) is 14.9 Å². The largest absolute Gasteiger partial charge is 0.386 e. The second-order valence-electron chi connectivity index (χ2n) is 4.84. The van der Waals surface area contributed by atoms with E-state index >= 15 is 0 Å². The van der Waals surface area contributed by atoms with Crippen molar-refractivity contribution in [3.8, 4) is 0 Å². The molecule has 0 unspecified atom stereocenters. The normalized spacial score (nSPS) is 13.9. The number of amides is 1. The molecule has 0 atom stereocenters. The first-order valence-electron chi connectivity index (χ1n) is 6.46. The lowest BCUT2D eigenvalue weighted by molar-refractivity contribution is -0.385. The van der Waals surface area contributed by atoms with Gasteiger partial charge in [-0.05, 0) is 18.4 Å². The summed E-state index contributed by atoms with van der Waals surface area (Å²) >= 11 is 0. The highest BCUT2D eigenvalue weighted by atomic mass is 19.1. The number of anilines is 1. The number of carbonyl (C=O) groups excluding carboxylic acids is 1. The first-order valence-corrected chi connectivity index (χ1v) is 6.46. The summed E-state index contributed by atoms with van der Waals surface area (Å²) in [5.74, 6) is -0.644. The lowest BCUT2D eigenvalue weighted by Gasteiger charge is -2.08. The first-order chi connectivity index (χ1) is 9.52. The minimum absolute atomic E-state index is 0.0583. The number of hydrogen-bond acceptors (Lipinski definition) is 4. The van der Waals surface area contributed by atoms with Gasteiger partial charge >= 0.3 is 0 Å². The Bertz CT molecular complexity index is 544. The van der Waals surface area contributed by atoms with Crippen molar-refractivity contribution in [2.45, 2.75) is 19.3 Å². The lowest BCUT2D eigenvalue weighted by atomic mass is 10.1. The molecule has 2 N–H and O–H groups in total. The van der Waals surface area contributed by atoms with Crippen LogP contribution in [0.2, 0.25) is 0 Å². The molecule has 0 radical (unpaired) electrons. The van der Waals surface area contributed by atoms with Gasteiger partial charge in [-0.15, -0.1) is 0 Å². The highest BCUT2D eigenvalue weighted by Gasteiger charge is 2.24. The Kier molecular flexibility index (Phi) is 4.16. The van der Waals surface area contributed by atoms with Gasteiger partial charge in [-0.25, -0.2) is 4.39 Å². The lowest BCUT2D eigenvalue weighted by Crippen LogP contribution is -2.25. The number of hydrogen-bond donors (Lipinski definition) is 2. The van der Waals surface area contributed by atoms with Crippen LogP contribution in [0.5, 0.6) is 0 Å². The summed E-state index contributed by atoms with van der Waals surface area (Å²) in [6.45, 7) is 0.479. The van der Waals surface area contributed by atoms with Gasteiger partial charge in [0.1, 0.15) is 5.56 Å². The summed E-state index contributed by atoms with van der Waals surface area (Å²) in [5.41, 5.74) is -0.593. The van der Waals surface area contributed by atoms with Gasteiger partial charge in [0, 0.05) is 13.6 Å². The second-order valence-corrected chi connectivity index (χ2v) is 4.84. The molecule has 1 aliphatic rings. The van der Waals surface area contributed by atoms with E-state index in [4.69, 9.17) is 0 Å². The molecule has 0 bridgehead atoms. The number of nitrogens with one attached hydrogen (secondary N) is 2. The molecular formula is C13H16FN3O3. The van der Waals surface area contributed by atoms with Crippen molar-refractivity contribution in [2.24, 2.45) is 5.92 Å². The average molecular weight is 281 g/mol. The molecule has 1 aromatic carbocycles. The van der Waals surface area contributed by atoms with Crippen molar-refractivity contribution in [2.75, 3.05) is 18.9 Å². The van der Waals surface area contributed by atoms with Crippen LogP contribution in [0.4, 0.5) is 15.8 Å². The van der Waals surface area contributed by atoms with Crippen LogP contribution in [-0.2, 0) is 0 Å². The molecule has 0 aliphatic heterocycles. The number of nitro groups is 1. The zero-order valence-corrected chi connectivity index (χ0v) is 11.1. The van der Waals surface area contributed by atoms with E-state index in [1.807, 2.05) is 0 Å². The molecule has 1 aliphatic carbocycles. The van der Waals surface area contributed by atoms with E-state index in [0.29, 0.717) is 12.5 Å². The van der Waals surface area contributed by atoms with Crippen LogP contribution in [0.15, 0.2) is 12.1 Å². The van der Waals surface area contributed by atoms with Crippen molar-refractivity contribution < 1.29 is 14.1 Å². The zero-order valence-electron chi connectivity index (χ0n) is 11.1. The molecule has 20 heavy (non-hydrogen) atoms. The SMILES string of the molecule is CNc1cc(C(=O)NCCC2CC2)c([N+](=O)[O-])cc1F. The van der Waals surface area contributed by atoms with E-state index in [-0.39, 0.29) is 11.3 Å². The van der Waals surface area contributed by atoms with Gasteiger partial charge in [-0.2, -0.15) is 0 Å². The van der Waals surface area contributed by atoms with E-state index < -0.39 is 22.3 Å². The summed E-state index contributed by atoms with van der Waals surface area (Å²) in [5, 5.41) is 16.1. The molecule has 2 rings (SSSR count). The number of nitro benzene ring substituents is 1. The van der Waals surface area contributed by atoms with Gasteiger partial charge in [0.05, 0.1) is 16.7 Å². The van der Waals surface area contributed by atoms with Crippen molar-refractivity contribution in [1.29, 1.82) is 0 Å². The molecule has 1 aromatic rings. The molecule has 108 valence electrons. The van der Waals surface area contributed by atoms with E-state index in [2.05, 4.69) is 10.6 Å². The number of nitrogens with zero attached hydrogens (tertiary/aromatic N) is 1. The van der Waals surface area contributed by atoms with Gasteiger partial charge in [0.2, 0.25) is 0 Å². The van der Waals surface area contributed by atoms with Crippen LogP contribution < -0.4 is 10.6 Å². The van der Waals surface area contributed by atoms with Gasteiger partial charge in [0.15, 0.2) is 5.82 Å². The van der Waals surface area contributed by atoms with Crippen molar-refractivity contribution >= 4 is 17.3 Å². The maximum absolute atomic E-state index is 13.5. The van der Waals surface area contributed by atoms with Crippen LogP contribution in [0.1, 0.15) is 29.6 Å². The molecule has 6 nitrogen and oxygen atoms in total. The number of carbonyl (C=O) groups is 1. The summed E-state index contributed by atoms with van der Waals surface area (Å²) in [6.07, 6.45) is 3.23. The molecule has 0 saturated heterocycles. The van der Waals surface area contributed by atoms with E-state index in [1.165, 1.54) is 26.0 Å². The zero-order chi connectivity index (χ0) is 14.7. The van der Waals surface area contributed by atoms with Crippen LogP contribution in [0.3, 0.4) is 0 Å². The number of rotatable bonds is 6. The topological polar surface area (TPSA) is 84.3 Å². The maximum Gasteiger partial charge on any atom is 0.285 e. The molecule has 0 heterocycles. The molecular weight excluding hydrogens is 265 g/mol. The first kappa shape index (κ1) is 14.2. The highest BCUT2D eigenvalue weighted by molar-refractivity contribution is 5.99. The average Bonchev–Trinajstić information content (AvgIpc) is 3.22. The second kappa shape index (κ2) is 5.85. The summed E-state index contributed by atoms with van der Waals surface area (Å²) in [7, 11) is 1.49. The van der Waals surface area contributed by atoms with E-state index in [0.717, 1.165) is 12.5 Å². The van der Waals surface area contributed by atoms with Gasteiger partial charge < -0.3 is 10.6 Å². The minimum atomic E-state index is -0.756. The van der Waals surface area contributed by atoms with Gasteiger partial charge in [-0.1, -0.05) is 12.8 Å². The molecule has 0 aromatic heterocycles. The monoisotopic (exact) mass is 281 g/mol. The Labute approximate surface area is 115 Å². The van der Waals surface area contributed by atoms with Crippen LogP contribution >= 0.6 is 0 Å². The van der Waals surface area contributed by atoms with Crippen LogP contribution in [0, 0.1) is 21.8 Å². The number of halogens is 1. The standard InChI is InChI=1S/C13H16FN3O3/c1-15-11-6-9(12(17(19)20)7-10(11)14)13(18)16-5-4-8-2-3-8/h6-8,15H,2-5H2,1H3,(H,16,18). The molecule has 0 spiro atoms. The van der Waals surface area contributed by atoms with E-state index in [9.17, 15) is 19.3 Å². The predicted molar refractivity (Wildman–Crippen MR) is 72.3 cm³/mol. The molecule has 1 fully saturated rings. The van der Waals surface area contributed by atoms with Crippen molar-refractivity contribution in [3.05, 3.63) is 33.6 Å². The van der Waals surface area contributed by atoms with E-state index in [1.54, 1.807) is 0 Å². The maximum atomic E-state index is 13.5. The van der Waals surface area contributed by atoms with Gasteiger partial charge in [0.25, 0.3) is 11.6 Å². The minimum Gasteiger partial charge on any atom is -0.386 e. The predicted octanol–water partition coefficient (Wildman–Crippen LogP) is 2.31. The third kappa shape index (κ3) is 3.23. The fourth-order valence-corrected chi connectivity index (χ4v) is 1.98. The Balaban J connectivity index is 2.17. The fraction of sp³-hybridized carbons (Fsp3) is 0.462. The molecule has 1 amide bonds. The summed E-state index contributed by atoms with van der Waals surface area (Å²) in [6, 6.07) is 1.93. The number of benzene rings is 1. The molecule has 1 saturated carbocycles. The smallest absolute Gasteiger partial charge is 0.285 e. The van der Waals surface area contributed by atoms with Crippen molar-refractivity contribution in [3.63, 3.8) is 0 Å². The molecule has 7 heteroatoms. The quantitative estimate of drug-likeness (QED) is 0.619. The Morgan fingerprint density at radius 1 is 1.50 bits per heavy atom. The highest BCUT2D eigenvalue weighted by Crippen LogP contribution is 2.32. The third-order valence-corrected chi connectivity index (χ3v) is 3.33. The third-order valence-electron chi connectivity index (χ3n) is 3.33.